The second kappa shape index (κ2) is 5.61. The normalized spacial score (nSPS) is 12.2. The highest BCUT2D eigenvalue weighted by atomic mass is 16.5. The molecular weight excluding hydrogens is 204 g/mol. The van der Waals surface area contributed by atoms with Crippen LogP contribution >= 0.6 is 0 Å². The van der Waals surface area contributed by atoms with Gasteiger partial charge in [0.25, 0.3) is 0 Å². The molecule has 1 heterocycles. The number of ketones is 1. The summed E-state index contributed by atoms with van der Waals surface area (Å²) in [5.74, 6) is -0.0147. The van der Waals surface area contributed by atoms with Crippen molar-refractivity contribution in [1.29, 1.82) is 0 Å². The molecule has 16 heavy (non-hydrogen) atoms. The first-order valence-electron chi connectivity index (χ1n) is 5.25. The molecule has 0 bridgehead atoms. The summed E-state index contributed by atoms with van der Waals surface area (Å²) >= 11 is 0. The van der Waals surface area contributed by atoms with Crippen LogP contribution in [-0.4, -0.2) is 37.6 Å². The van der Waals surface area contributed by atoms with Crippen molar-refractivity contribution in [2.75, 3.05) is 25.7 Å². The monoisotopic (exact) mass is 222 g/mol. The third-order valence-corrected chi connectivity index (χ3v) is 2.58. The lowest BCUT2D eigenvalue weighted by molar-refractivity contribution is 0.101. The van der Waals surface area contributed by atoms with Crippen molar-refractivity contribution in [2.45, 2.75) is 19.9 Å². The van der Waals surface area contributed by atoms with Crippen LogP contribution in [0.5, 0.6) is 0 Å². The Morgan fingerprint density at radius 2 is 2.25 bits per heavy atom. The molecule has 0 fully saturated rings. The second-order valence-corrected chi connectivity index (χ2v) is 3.87. The molecule has 0 aliphatic heterocycles. The molecule has 1 aromatic rings. The molecule has 0 radical (unpaired) electrons. The van der Waals surface area contributed by atoms with E-state index in [4.69, 9.17) is 4.74 Å². The highest BCUT2D eigenvalue weighted by molar-refractivity contribution is 5.92. The molecule has 0 aliphatic carbocycles. The number of nitrogens with zero attached hydrogens (tertiary/aromatic N) is 2. The van der Waals surface area contributed by atoms with Crippen molar-refractivity contribution in [3.63, 3.8) is 0 Å². The Morgan fingerprint density at radius 1 is 1.56 bits per heavy atom. The molecule has 1 rings (SSSR count). The number of methoxy groups -OCH3 is 1. The van der Waals surface area contributed by atoms with Crippen LogP contribution in [0.4, 0.5) is 5.69 Å². The summed E-state index contributed by atoms with van der Waals surface area (Å²) in [4.78, 5) is 17.2. The zero-order valence-electron chi connectivity index (χ0n) is 10.2. The van der Waals surface area contributed by atoms with Crippen molar-refractivity contribution < 1.29 is 9.53 Å². The number of rotatable bonds is 5. The van der Waals surface area contributed by atoms with Crippen LogP contribution in [0, 0.1) is 0 Å². The van der Waals surface area contributed by atoms with Gasteiger partial charge in [-0.05, 0) is 19.1 Å². The third-order valence-electron chi connectivity index (χ3n) is 2.58. The molecular formula is C12H18N2O2. The summed E-state index contributed by atoms with van der Waals surface area (Å²) in [5, 5.41) is 0. The van der Waals surface area contributed by atoms with Crippen molar-refractivity contribution in [3.8, 4) is 0 Å². The third kappa shape index (κ3) is 3.03. The van der Waals surface area contributed by atoms with E-state index in [9.17, 15) is 4.79 Å². The fraction of sp³-hybridized carbons (Fsp3) is 0.500. The number of hydrogen-bond acceptors (Lipinski definition) is 4. The maximum absolute atomic E-state index is 11.1. The molecule has 88 valence electrons. The summed E-state index contributed by atoms with van der Waals surface area (Å²) < 4.78 is 5.09. The number of aromatic nitrogens is 1. The van der Waals surface area contributed by atoms with Gasteiger partial charge >= 0.3 is 0 Å². The van der Waals surface area contributed by atoms with E-state index in [1.807, 2.05) is 13.1 Å². The Balaban J connectivity index is 2.77. The van der Waals surface area contributed by atoms with Crippen molar-refractivity contribution in [3.05, 3.63) is 24.0 Å². The van der Waals surface area contributed by atoms with Gasteiger partial charge in [0.1, 0.15) is 5.69 Å². The Labute approximate surface area is 96.2 Å². The van der Waals surface area contributed by atoms with Crippen molar-refractivity contribution in [1.82, 2.24) is 4.98 Å². The molecule has 1 unspecified atom stereocenters. The lowest BCUT2D eigenvalue weighted by atomic mass is 10.2. The first kappa shape index (κ1) is 12.6. The minimum Gasteiger partial charge on any atom is -0.383 e. The summed E-state index contributed by atoms with van der Waals surface area (Å²) in [6.45, 7) is 4.24. The number of carbonyl (C=O) groups excluding carboxylic acids is 1. The van der Waals surface area contributed by atoms with Crippen LogP contribution in [0.2, 0.25) is 0 Å². The Morgan fingerprint density at radius 3 is 2.69 bits per heavy atom. The number of anilines is 1. The van der Waals surface area contributed by atoms with Crippen molar-refractivity contribution in [2.24, 2.45) is 0 Å². The van der Waals surface area contributed by atoms with Gasteiger partial charge in [0.2, 0.25) is 0 Å². The van der Waals surface area contributed by atoms with Gasteiger partial charge in [-0.2, -0.15) is 0 Å². The summed E-state index contributed by atoms with van der Waals surface area (Å²) in [6.07, 6.45) is 1.71. The fourth-order valence-corrected chi connectivity index (χ4v) is 1.41. The minimum atomic E-state index is -0.0147. The molecule has 1 atom stereocenters. The van der Waals surface area contributed by atoms with Gasteiger partial charge < -0.3 is 9.64 Å². The van der Waals surface area contributed by atoms with E-state index in [2.05, 4.69) is 16.8 Å². The van der Waals surface area contributed by atoms with Gasteiger partial charge in [0, 0.05) is 27.1 Å². The number of pyridine rings is 1. The minimum absolute atomic E-state index is 0.0147. The maximum Gasteiger partial charge on any atom is 0.178 e. The molecule has 4 nitrogen and oxygen atoms in total. The standard InChI is InChI=1S/C12H18N2O2/c1-9(8-16-4)14(3)11-5-6-12(10(2)15)13-7-11/h5-7,9H,8H2,1-4H3. The predicted molar refractivity (Wildman–Crippen MR) is 64.0 cm³/mol. The molecule has 0 saturated carbocycles. The summed E-state index contributed by atoms with van der Waals surface area (Å²) in [7, 11) is 3.66. The predicted octanol–water partition coefficient (Wildman–Crippen LogP) is 1.76. The van der Waals surface area contributed by atoms with Crippen LogP contribution in [0.15, 0.2) is 18.3 Å². The van der Waals surface area contributed by atoms with E-state index in [0.29, 0.717) is 12.3 Å². The van der Waals surface area contributed by atoms with E-state index in [1.165, 1.54) is 6.92 Å². The van der Waals surface area contributed by atoms with E-state index in [-0.39, 0.29) is 11.8 Å². The second-order valence-electron chi connectivity index (χ2n) is 3.87. The zero-order chi connectivity index (χ0) is 12.1. The SMILES string of the molecule is COCC(C)N(C)c1ccc(C(C)=O)nc1. The Hall–Kier alpha value is -1.42. The first-order chi connectivity index (χ1) is 7.56. The quantitative estimate of drug-likeness (QED) is 0.712. The number of carbonyl (C=O) groups is 1. The van der Waals surface area contributed by atoms with Crippen LogP contribution in [-0.2, 0) is 4.74 Å². The average molecular weight is 222 g/mol. The zero-order valence-corrected chi connectivity index (χ0v) is 10.2. The Bertz CT molecular complexity index is 349. The molecule has 0 saturated heterocycles. The van der Waals surface area contributed by atoms with Crippen molar-refractivity contribution >= 4 is 11.5 Å². The maximum atomic E-state index is 11.1. The largest absolute Gasteiger partial charge is 0.383 e. The molecule has 0 amide bonds. The van der Waals surface area contributed by atoms with Gasteiger partial charge in [0.05, 0.1) is 18.5 Å². The highest BCUT2D eigenvalue weighted by Crippen LogP contribution is 2.14. The van der Waals surface area contributed by atoms with Gasteiger partial charge in [-0.15, -0.1) is 0 Å². The van der Waals surface area contributed by atoms with Gasteiger partial charge in [-0.3, -0.25) is 9.78 Å². The lowest BCUT2D eigenvalue weighted by Crippen LogP contribution is -2.32. The molecule has 1 aromatic heterocycles. The lowest BCUT2D eigenvalue weighted by Gasteiger charge is -2.26. The molecule has 0 spiro atoms. The molecule has 4 heteroatoms. The number of likely N-dealkylation sites (N-methyl/N-ethyl adjacent to an activating group) is 1. The van der Waals surface area contributed by atoms with Gasteiger partial charge in [0.15, 0.2) is 5.78 Å². The van der Waals surface area contributed by atoms with E-state index >= 15 is 0 Å². The first-order valence-corrected chi connectivity index (χ1v) is 5.25. The van der Waals surface area contributed by atoms with Crippen LogP contribution in [0.1, 0.15) is 24.3 Å². The van der Waals surface area contributed by atoms with E-state index in [1.54, 1.807) is 19.4 Å². The molecule has 0 aromatic carbocycles. The van der Waals surface area contributed by atoms with E-state index in [0.717, 1.165) is 5.69 Å². The highest BCUT2D eigenvalue weighted by Gasteiger charge is 2.10. The van der Waals surface area contributed by atoms with Crippen LogP contribution < -0.4 is 4.90 Å². The smallest absolute Gasteiger partial charge is 0.178 e. The van der Waals surface area contributed by atoms with Crippen LogP contribution in [0.25, 0.3) is 0 Å². The Kier molecular flexibility index (Phi) is 4.43. The number of hydrogen-bond donors (Lipinski definition) is 0. The molecule has 0 aliphatic rings. The number of ether oxygens (including phenoxy) is 1. The van der Waals surface area contributed by atoms with E-state index < -0.39 is 0 Å². The summed E-state index contributed by atoms with van der Waals surface area (Å²) in [6, 6.07) is 3.92. The molecule has 0 N–H and O–H groups in total. The number of Topliss-reactive ketones (excluding diaryl/α,β-unsaturated/α-hetero) is 1. The topological polar surface area (TPSA) is 42.4 Å². The van der Waals surface area contributed by atoms with Crippen LogP contribution in [0.3, 0.4) is 0 Å². The van der Waals surface area contributed by atoms with Gasteiger partial charge in [-0.1, -0.05) is 0 Å². The average Bonchev–Trinajstić information content (AvgIpc) is 2.28. The summed E-state index contributed by atoms with van der Waals surface area (Å²) in [5.41, 5.74) is 1.48. The van der Waals surface area contributed by atoms with Gasteiger partial charge in [-0.25, -0.2) is 0 Å². The fourth-order valence-electron chi connectivity index (χ4n) is 1.41.